The van der Waals surface area contributed by atoms with Gasteiger partial charge in [-0.25, -0.2) is 0 Å². The van der Waals surface area contributed by atoms with Crippen molar-refractivity contribution in [2.45, 2.75) is 12.2 Å². The minimum atomic E-state index is -0.160. The summed E-state index contributed by atoms with van der Waals surface area (Å²) in [7, 11) is 3.22. The summed E-state index contributed by atoms with van der Waals surface area (Å²) in [6, 6.07) is 3.25. The number of nitrogens with zero attached hydrogens (tertiary/aromatic N) is 1. The summed E-state index contributed by atoms with van der Waals surface area (Å²) in [4.78, 5) is 14.3. The van der Waals surface area contributed by atoms with Crippen LogP contribution in [-0.4, -0.2) is 57.1 Å². The van der Waals surface area contributed by atoms with E-state index in [2.05, 4.69) is 0 Å². The van der Waals surface area contributed by atoms with Crippen LogP contribution in [0.25, 0.3) is 0 Å². The largest absolute Gasteiger partial charge is 0.454 e. The molecule has 2 atom stereocenters. The maximum absolute atomic E-state index is 12.6. The van der Waals surface area contributed by atoms with Crippen molar-refractivity contribution in [1.82, 2.24) is 4.90 Å². The number of carbonyl (C=O) groups excluding carboxylic acids is 1. The molecule has 114 valence electrons. The Hall–Kier alpha value is -1.99. The van der Waals surface area contributed by atoms with Crippen LogP contribution in [0.1, 0.15) is 10.4 Å². The van der Waals surface area contributed by atoms with Crippen molar-refractivity contribution >= 4 is 11.6 Å². The summed E-state index contributed by atoms with van der Waals surface area (Å²) in [5.74, 6) is 0.945. The third-order valence-corrected chi connectivity index (χ3v) is 3.88. The van der Waals surface area contributed by atoms with Gasteiger partial charge < -0.3 is 29.6 Å². The van der Waals surface area contributed by atoms with E-state index in [1.54, 1.807) is 31.3 Å². The van der Waals surface area contributed by atoms with Crippen molar-refractivity contribution in [1.29, 1.82) is 0 Å². The summed E-state index contributed by atoms with van der Waals surface area (Å²) in [6.07, 6.45) is -0.261. The molecular formula is C14H18N2O5. The molecule has 0 aromatic heterocycles. The first-order valence-electron chi connectivity index (χ1n) is 6.68. The summed E-state index contributed by atoms with van der Waals surface area (Å²) < 4.78 is 21.2. The van der Waals surface area contributed by atoms with Gasteiger partial charge in [0.15, 0.2) is 11.5 Å². The van der Waals surface area contributed by atoms with Gasteiger partial charge in [-0.3, -0.25) is 4.79 Å². The molecule has 2 N–H and O–H groups in total. The van der Waals surface area contributed by atoms with Crippen LogP contribution in [0.4, 0.5) is 5.69 Å². The molecule has 3 rings (SSSR count). The lowest BCUT2D eigenvalue weighted by atomic mass is 10.1. The van der Waals surface area contributed by atoms with Gasteiger partial charge in [-0.1, -0.05) is 0 Å². The second-order valence-corrected chi connectivity index (χ2v) is 5.05. The fourth-order valence-corrected chi connectivity index (χ4v) is 2.68. The fraction of sp³-hybridized carbons (Fsp3) is 0.500. The zero-order valence-electron chi connectivity index (χ0n) is 12.0. The molecule has 2 aliphatic heterocycles. The third-order valence-electron chi connectivity index (χ3n) is 3.88. The number of benzene rings is 1. The predicted octanol–water partition coefficient (Wildman–Crippen LogP) is 0.483. The molecule has 1 saturated heterocycles. The molecule has 2 heterocycles. The van der Waals surface area contributed by atoms with Gasteiger partial charge in [-0.15, -0.1) is 0 Å². The zero-order valence-corrected chi connectivity index (χ0v) is 12.0. The van der Waals surface area contributed by atoms with Crippen LogP contribution in [0, 0.1) is 0 Å². The van der Waals surface area contributed by atoms with Crippen LogP contribution in [0.5, 0.6) is 11.5 Å². The Bertz CT molecular complexity index is 551. The van der Waals surface area contributed by atoms with Gasteiger partial charge in [0.25, 0.3) is 5.91 Å². The first-order valence-corrected chi connectivity index (χ1v) is 6.68. The van der Waals surface area contributed by atoms with Crippen molar-refractivity contribution in [2.24, 2.45) is 0 Å². The number of hydrogen-bond acceptors (Lipinski definition) is 6. The lowest BCUT2D eigenvalue weighted by Gasteiger charge is -2.17. The van der Waals surface area contributed by atoms with Gasteiger partial charge >= 0.3 is 0 Å². The Balaban J connectivity index is 1.83. The van der Waals surface area contributed by atoms with Crippen LogP contribution in [0.2, 0.25) is 0 Å². The van der Waals surface area contributed by atoms with Crippen molar-refractivity contribution in [2.75, 3.05) is 39.8 Å². The number of ether oxygens (including phenoxy) is 4. The van der Waals surface area contributed by atoms with E-state index in [4.69, 9.17) is 24.7 Å². The average Bonchev–Trinajstić information content (AvgIpc) is 3.10. The van der Waals surface area contributed by atoms with Gasteiger partial charge in [0.1, 0.15) is 12.2 Å². The number of nitrogens with two attached hydrogens (primary N) is 1. The highest BCUT2D eigenvalue weighted by Gasteiger charge is 2.36. The van der Waals surface area contributed by atoms with Crippen molar-refractivity contribution in [3.05, 3.63) is 17.7 Å². The first-order chi connectivity index (χ1) is 10.1. The quantitative estimate of drug-likeness (QED) is 0.817. The smallest absolute Gasteiger partial charge is 0.256 e. The van der Waals surface area contributed by atoms with Gasteiger partial charge in [-0.05, 0) is 6.07 Å². The van der Waals surface area contributed by atoms with Crippen molar-refractivity contribution < 1.29 is 23.7 Å². The van der Waals surface area contributed by atoms with E-state index in [-0.39, 0.29) is 24.9 Å². The molecule has 21 heavy (non-hydrogen) atoms. The van der Waals surface area contributed by atoms with E-state index in [1.807, 2.05) is 0 Å². The SMILES string of the molecule is COC1CN(C(=O)c2cc3c(cc2N)OCO3)CC1OC. The summed E-state index contributed by atoms with van der Waals surface area (Å²) in [5.41, 5.74) is 6.73. The van der Waals surface area contributed by atoms with Crippen LogP contribution < -0.4 is 15.2 Å². The molecule has 0 saturated carbocycles. The van der Waals surface area contributed by atoms with Gasteiger partial charge in [-0.2, -0.15) is 0 Å². The van der Waals surface area contributed by atoms with Gasteiger partial charge in [0.05, 0.1) is 5.56 Å². The molecule has 1 aromatic rings. The molecule has 1 aromatic carbocycles. The van der Waals surface area contributed by atoms with E-state index < -0.39 is 0 Å². The molecule has 7 nitrogen and oxygen atoms in total. The lowest BCUT2D eigenvalue weighted by Crippen LogP contribution is -2.30. The molecule has 0 aliphatic carbocycles. The molecular weight excluding hydrogens is 276 g/mol. The molecule has 2 unspecified atom stereocenters. The molecule has 0 spiro atoms. The molecule has 7 heteroatoms. The second kappa shape index (κ2) is 5.42. The summed E-state index contributed by atoms with van der Waals surface area (Å²) >= 11 is 0. The Kier molecular flexibility index (Phi) is 3.60. The molecule has 1 fully saturated rings. The monoisotopic (exact) mass is 294 g/mol. The number of rotatable bonds is 3. The first kappa shape index (κ1) is 14.0. The van der Waals surface area contributed by atoms with Crippen molar-refractivity contribution in [3.8, 4) is 11.5 Å². The average molecular weight is 294 g/mol. The van der Waals surface area contributed by atoms with Crippen LogP contribution in [0.15, 0.2) is 12.1 Å². The number of fused-ring (bicyclic) bond motifs is 1. The minimum absolute atomic E-state index is 0.130. The van der Waals surface area contributed by atoms with E-state index in [1.165, 1.54) is 0 Å². The highest BCUT2D eigenvalue weighted by Crippen LogP contribution is 2.36. The number of amides is 1. The Morgan fingerprint density at radius 1 is 1.19 bits per heavy atom. The third kappa shape index (κ3) is 2.38. The zero-order chi connectivity index (χ0) is 15.0. The van der Waals surface area contributed by atoms with Crippen LogP contribution in [-0.2, 0) is 9.47 Å². The summed E-state index contributed by atoms with van der Waals surface area (Å²) in [6.45, 7) is 1.09. The number of likely N-dealkylation sites (tertiary alicyclic amines) is 1. The lowest BCUT2D eigenvalue weighted by molar-refractivity contribution is -0.00461. The summed E-state index contributed by atoms with van der Waals surface area (Å²) in [5, 5.41) is 0. The minimum Gasteiger partial charge on any atom is -0.454 e. The Morgan fingerprint density at radius 3 is 2.33 bits per heavy atom. The highest BCUT2D eigenvalue weighted by molar-refractivity contribution is 6.00. The van der Waals surface area contributed by atoms with Crippen LogP contribution >= 0.6 is 0 Å². The number of anilines is 1. The Morgan fingerprint density at radius 2 is 1.76 bits per heavy atom. The van der Waals surface area contributed by atoms with Crippen molar-refractivity contribution in [3.63, 3.8) is 0 Å². The Labute approximate surface area is 122 Å². The molecule has 1 amide bonds. The van der Waals surface area contributed by atoms with Gasteiger partial charge in [0.2, 0.25) is 6.79 Å². The predicted molar refractivity (Wildman–Crippen MR) is 74.5 cm³/mol. The maximum Gasteiger partial charge on any atom is 0.256 e. The van der Waals surface area contributed by atoms with Gasteiger partial charge in [0, 0.05) is 39.1 Å². The number of nitrogen functional groups attached to an aromatic ring is 1. The molecule has 0 bridgehead atoms. The molecule has 2 aliphatic rings. The second-order valence-electron chi connectivity index (χ2n) is 5.05. The number of carbonyl (C=O) groups is 1. The van der Waals surface area contributed by atoms with E-state index in [9.17, 15) is 4.79 Å². The normalized spacial score (nSPS) is 23.6. The maximum atomic E-state index is 12.6. The molecule has 0 radical (unpaired) electrons. The standard InChI is InChI=1S/C14H18N2O5/c1-18-12-5-16(6-13(12)19-2)14(17)8-3-10-11(4-9(8)15)21-7-20-10/h3-4,12-13H,5-7,15H2,1-2H3. The van der Waals surface area contributed by atoms with E-state index >= 15 is 0 Å². The highest BCUT2D eigenvalue weighted by atomic mass is 16.7. The fourth-order valence-electron chi connectivity index (χ4n) is 2.68. The number of hydrogen-bond donors (Lipinski definition) is 1. The van der Waals surface area contributed by atoms with E-state index in [0.717, 1.165) is 0 Å². The van der Waals surface area contributed by atoms with Crippen LogP contribution in [0.3, 0.4) is 0 Å². The topological polar surface area (TPSA) is 83.3 Å². The number of methoxy groups -OCH3 is 2. The van der Waals surface area contributed by atoms with E-state index in [0.29, 0.717) is 35.8 Å².